The molecule has 1 unspecified atom stereocenters. The fraction of sp³-hybridized carbons (Fsp3) is 0.250. The molecule has 1 heterocycles. The van der Waals surface area contributed by atoms with E-state index < -0.39 is 6.10 Å². The van der Waals surface area contributed by atoms with Crippen molar-refractivity contribution < 1.29 is 9.84 Å². The summed E-state index contributed by atoms with van der Waals surface area (Å²) in [6.45, 7) is 2.23. The van der Waals surface area contributed by atoms with Gasteiger partial charge in [-0.25, -0.2) is 0 Å². The van der Waals surface area contributed by atoms with Crippen molar-refractivity contribution in [1.82, 2.24) is 15.0 Å². The second-order valence-electron chi connectivity index (χ2n) is 4.85. The molecule has 0 aliphatic carbocycles. The SMILES string of the molecule is CCC(O)COc1ccc(-n2nc3ccccc3n2)cc1. The highest BCUT2D eigenvalue weighted by Gasteiger charge is 2.05. The summed E-state index contributed by atoms with van der Waals surface area (Å²) in [6, 6.07) is 15.2. The van der Waals surface area contributed by atoms with Crippen LogP contribution in [0.3, 0.4) is 0 Å². The Balaban J connectivity index is 1.77. The first-order valence-electron chi connectivity index (χ1n) is 6.99. The molecular weight excluding hydrogens is 266 g/mol. The maximum atomic E-state index is 9.48. The third kappa shape index (κ3) is 3.03. The van der Waals surface area contributed by atoms with E-state index in [4.69, 9.17) is 4.74 Å². The van der Waals surface area contributed by atoms with Crippen LogP contribution < -0.4 is 4.74 Å². The molecule has 0 aliphatic rings. The largest absolute Gasteiger partial charge is 0.491 e. The van der Waals surface area contributed by atoms with E-state index in [1.54, 1.807) is 4.80 Å². The van der Waals surface area contributed by atoms with Crippen molar-refractivity contribution >= 4 is 11.0 Å². The van der Waals surface area contributed by atoms with E-state index in [2.05, 4.69) is 10.2 Å². The lowest BCUT2D eigenvalue weighted by Gasteiger charge is -2.10. The molecule has 0 aliphatic heterocycles. The number of aliphatic hydroxyl groups is 1. The van der Waals surface area contributed by atoms with E-state index >= 15 is 0 Å². The first kappa shape index (κ1) is 13.6. The van der Waals surface area contributed by atoms with Crippen LogP contribution in [0.5, 0.6) is 5.75 Å². The molecule has 1 aromatic heterocycles. The van der Waals surface area contributed by atoms with E-state index in [1.165, 1.54) is 0 Å². The van der Waals surface area contributed by atoms with Gasteiger partial charge in [0.1, 0.15) is 23.4 Å². The number of hydrogen-bond donors (Lipinski definition) is 1. The van der Waals surface area contributed by atoms with Gasteiger partial charge < -0.3 is 9.84 Å². The Bertz CT molecular complexity index is 689. The Morgan fingerprint density at radius 2 is 1.67 bits per heavy atom. The highest BCUT2D eigenvalue weighted by Crippen LogP contribution is 2.16. The Kier molecular flexibility index (Phi) is 3.83. The van der Waals surface area contributed by atoms with Crippen LogP contribution in [-0.2, 0) is 0 Å². The number of nitrogens with zero attached hydrogens (tertiary/aromatic N) is 3. The topological polar surface area (TPSA) is 60.2 Å². The predicted octanol–water partition coefficient (Wildman–Crippen LogP) is 2.57. The zero-order valence-corrected chi connectivity index (χ0v) is 11.8. The van der Waals surface area contributed by atoms with Crippen molar-refractivity contribution in [3.8, 4) is 11.4 Å². The van der Waals surface area contributed by atoms with Crippen molar-refractivity contribution in [2.75, 3.05) is 6.61 Å². The lowest BCUT2D eigenvalue weighted by Crippen LogP contribution is -2.15. The minimum Gasteiger partial charge on any atom is -0.491 e. The Morgan fingerprint density at radius 3 is 2.24 bits per heavy atom. The van der Waals surface area contributed by atoms with Gasteiger partial charge in [0.05, 0.1) is 11.8 Å². The second kappa shape index (κ2) is 5.93. The van der Waals surface area contributed by atoms with Gasteiger partial charge in [-0.1, -0.05) is 19.1 Å². The maximum absolute atomic E-state index is 9.48. The van der Waals surface area contributed by atoms with E-state index in [0.29, 0.717) is 13.0 Å². The molecule has 5 heteroatoms. The lowest BCUT2D eigenvalue weighted by atomic mass is 10.3. The molecule has 0 fully saturated rings. The monoisotopic (exact) mass is 283 g/mol. The van der Waals surface area contributed by atoms with Crippen LogP contribution in [0, 0.1) is 0 Å². The Morgan fingerprint density at radius 1 is 1.05 bits per heavy atom. The molecule has 0 bridgehead atoms. The Hall–Kier alpha value is -2.40. The van der Waals surface area contributed by atoms with E-state index in [0.717, 1.165) is 22.5 Å². The summed E-state index contributed by atoms with van der Waals surface area (Å²) in [5.41, 5.74) is 2.60. The van der Waals surface area contributed by atoms with E-state index in [1.807, 2.05) is 55.5 Å². The lowest BCUT2D eigenvalue weighted by molar-refractivity contribution is 0.104. The van der Waals surface area contributed by atoms with Gasteiger partial charge in [-0.05, 0) is 42.8 Å². The smallest absolute Gasteiger partial charge is 0.119 e. The van der Waals surface area contributed by atoms with Gasteiger partial charge >= 0.3 is 0 Å². The van der Waals surface area contributed by atoms with Crippen LogP contribution >= 0.6 is 0 Å². The number of aromatic nitrogens is 3. The standard InChI is InChI=1S/C16H17N3O2/c1-2-13(20)11-21-14-9-7-12(8-10-14)19-17-15-5-3-4-6-16(15)18-19/h3-10,13,20H,2,11H2,1H3. The third-order valence-electron chi connectivity index (χ3n) is 3.27. The van der Waals surface area contributed by atoms with Gasteiger partial charge in [-0.3, -0.25) is 0 Å². The van der Waals surface area contributed by atoms with Crippen LogP contribution in [0.1, 0.15) is 13.3 Å². The van der Waals surface area contributed by atoms with Crippen molar-refractivity contribution in [1.29, 1.82) is 0 Å². The molecule has 0 radical (unpaired) electrons. The molecule has 108 valence electrons. The summed E-state index contributed by atoms with van der Waals surface area (Å²) < 4.78 is 5.51. The van der Waals surface area contributed by atoms with Gasteiger partial charge in [0.25, 0.3) is 0 Å². The number of benzene rings is 2. The summed E-state index contributed by atoms with van der Waals surface area (Å²) >= 11 is 0. The van der Waals surface area contributed by atoms with Crippen LogP contribution in [0.15, 0.2) is 48.5 Å². The van der Waals surface area contributed by atoms with E-state index in [9.17, 15) is 5.11 Å². The highest BCUT2D eigenvalue weighted by atomic mass is 16.5. The first-order chi connectivity index (χ1) is 10.3. The van der Waals surface area contributed by atoms with Gasteiger partial charge in [0.15, 0.2) is 0 Å². The molecule has 0 saturated carbocycles. The number of fused-ring (bicyclic) bond motifs is 1. The molecule has 21 heavy (non-hydrogen) atoms. The van der Waals surface area contributed by atoms with Crippen molar-refractivity contribution in [3.63, 3.8) is 0 Å². The summed E-state index contributed by atoms with van der Waals surface area (Å²) in [4.78, 5) is 1.61. The molecule has 0 spiro atoms. The predicted molar refractivity (Wildman–Crippen MR) is 80.7 cm³/mol. The summed E-state index contributed by atoms with van der Waals surface area (Å²) in [5.74, 6) is 0.725. The fourth-order valence-electron chi connectivity index (χ4n) is 1.96. The second-order valence-corrected chi connectivity index (χ2v) is 4.85. The zero-order valence-electron chi connectivity index (χ0n) is 11.8. The summed E-state index contributed by atoms with van der Waals surface area (Å²) in [5, 5.41) is 18.3. The van der Waals surface area contributed by atoms with Gasteiger partial charge in [-0.2, -0.15) is 4.80 Å². The normalized spacial score (nSPS) is 12.5. The molecule has 2 aromatic carbocycles. The molecule has 5 nitrogen and oxygen atoms in total. The molecule has 0 saturated heterocycles. The average molecular weight is 283 g/mol. The van der Waals surface area contributed by atoms with Gasteiger partial charge in [-0.15, -0.1) is 10.2 Å². The van der Waals surface area contributed by atoms with E-state index in [-0.39, 0.29) is 0 Å². The highest BCUT2D eigenvalue weighted by molar-refractivity contribution is 5.73. The molecule has 1 atom stereocenters. The van der Waals surface area contributed by atoms with Gasteiger partial charge in [0.2, 0.25) is 0 Å². The number of aliphatic hydroxyl groups excluding tert-OH is 1. The minimum atomic E-state index is -0.428. The zero-order chi connectivity index (χ0) is 14.7. The minimum absolute atomic E-state index is 0.305. The average Bonchev–Trinajstić information content (AvgIpc) is 2.97. The Labute approximate surface area is 122 Å². The molecule has 0 amide bonds. The van der Waals surface area contributed by atoms with Crippen LogP contribution in [0.4, 0.5) is 0 Å². The molecule has 1 N–H and O–H groups in total. The summed E-state index contributed by atoms with van der Waals surface area (Å²) in [6.07, 6.45) is 0.254. The molecule has 3 aromatic rings. The van der Waals surface area contributed by atoms with Crippen LogP contribution in [0.2, 0.25) is 0 Å². The van der Waals surface area contributed by atoms with Crippen LogP contribution in [-0.4, -0.2) is 32.8 Å². The quantitative estimate of drug-likeness (QED) is 0.782. The van der Waals surface area contributed by atoms with Crippen molar-refractivity contribution in [3.05, 3.63) is 48.5 Å². The van der Waals surface area contributed by atoms with Crippen LogP contribution in [0.25, 0.3) is 16.7 Å². The fourth-order valence-corrected chi connectivity index (χ4v) is 1.96. The van der Waals surface area contributed by atoms with Crippen molar-refractivity contribution in [2.24, 2.45) is 0 Å². The van der Waals surface area contributed by atoms with Gasteiger partial charge in [0, 0.05) is 0 Å². The van der Waals surface area contributed by atoms with Crippen molar-refractivity contribution in [2.45, 2.75) is 19.4 Å². The summed E-state index contributed by atoms with van der Waals surface area (Å²) in [7, 11) is 0. The first-order valence-corrected chi connectivity index (χ1v) is 6.99. The molecule has 3 rings (SSSR count). The molecular formula is C16H17N3O2. The number of hydrogen-bond acceptors (Lipinski definition) is 4. The number of ether oxygens (including phenoxy) is 1. The third-order valence-corrected chi connectivity index (χ3v) is 3.27. The number of rotatable bonds is 5. The maximum Gasteiger partial charge on any atom is 0.119 e.